The molecule has 3 aromatic rings. The summed E-state index contributed by atoms with van der Waals surface area (Å²) < 4.78 is 66.7. The first-order chi connectivity index (χ1) is 14.3. The van der Waals surface area contributed by atoms with Gasteiger partial charge in [-0.1, -0.05) is 24.5 Å². The van der Waals surface area contributed by atoms with Gasteiger partial charge in [0.15, 0.2) is 16.8 Å². The predicted octanol–water partition coefficient (Wildman–Crippen LogP) is 5.35. The second-order valence-electron chi connectivity index (χ2n) is 7.08. The quantitative estimate of drug-likeness (QED) is 0.344. The molecule has 3 N–H and O–H groups in total. The van der Waals surface area contributed by atoms with Crippen molar-refractivity contribution in [1.82, 2.24) is 20.5 Å². The van der Waals surface area contributed by atoms with Gasteiger partial charge in [0.05, 0.1) is 27.5 Å². The fourth-order valence-electron chi connectivity index (χ4n) is 2.73. The van der Waals surface area contributed by atoms with E-state index >= 15 is 0 Å². The SMILES string of the molecule is C=C(/C=C(/F)C(=C)F)NC(C)(C)C(=O)Nc1nc2c(C(F)(F)F)cc3[nH]ncc3c2s1. The average Bonchev–Trinajstić information content (AvgIpc) is 3.24. The normalized spacial score (nSPS) is 12.9. The number of thiazole rings is 1. The number of alkyl halides is 3. The lowest BCUT2D eigenvalue weighted by atomic mass is 10.0. The molecule has 6 nitrogen and oxygen atoms in total. The van der Waals surface area contributed by atoms with Crippen molar-refractivity contribution in [2.24, 2.45) is 0 Å². The van der Waals surface area contributed by atoms with Gasteiger partial charge in [-0.2, -0.15) is 18.3 Å². The van der Waals surface area contributed by atoms with Crippen LogP contribution in [0.1, 0.15) is 19.4 Å². The van der Waals surface area contributed by atoms with Gasteiger partial charge in [0.2, 0.25) is 0 Å². The Hall–Kier alpha value is -3.28. The molecule has 0 saturated carbocycles. The van der Waals surface area contributed by atoms with E-state index in [1.54, 1.807) is 0 Å². The number of hydrogen-bond donors (Lipinski definition) is 3. The van der Waals surface area contributed by atoms with Gasteiger partial charge in [-0.15, -0.1) is 0 Å². The summed E-state index contributed by atoms with van der Waals surface area (Å²) in [7, 11) is 0. The number of H-pyrrole nitrogens is 1. The first-order valence-electron chi connectivity index (χ1n) is 8.64. The highest BCUT2D eigenvalue weighted by atomic mass is 32.1. The van der Waals surface area contributed by atoms with E-state index in [1.165, 1.54) is 20.0 Å². The second kappa shape index (κ2) is 7.76. The molecule has 0 aliphatic heterocycles. The number of aromatic amines is 1. The number of aromatic nitrogens is 3. The summed E-state index contributed by atoms with van der Waals surface area (Å²) in [5, 5.41) is 11.7. The molecular formula is C19H16F5N5OS. The van der Waals surface area contributed by atoms with E-state index in [-0.39, 0.29) is 26.6 Å². The maximum absolute atomic E-state index is 13.5. The Morgan fingerprint density at radius 1 is 1.26 bits per heavy atom. The fraction of sp³-hybridized carbons (Fsp3) is 0.211. The Labute approximate surface area is 176 Å². The van der Waals surface area contributed by atoms with Crippen molar-refractivity contribution in [3.63, 3.8) is 0 Å². The molecule has 0 atom stereocenters. The minimum absolute atomic E-state index is 0.0708. The number of allylic oxidation sites excluding steroid dienone is 3. The number of rotatable bonds is 6. The summed E-state index contributed by atoms with van der Waals surface area (Å²) in [5.41, 5.74) is -2.60. The highest BCUT2D eigenvalue weighted by molar-refractivity contribution is 7.23. The molecule has 31 heavy (non-hydrogen) atoms. The molecule has 12 heteroatoms. The van der Waals surface area contributed by atoms with Crippen LogP contribution in [0.5, 0.6) is 0 Å². The largest absolute Gasteiger partial charge is 0.418 e. The van der Waals surface area contributed by atoms with Crippen LogP contribution in [-0.4, -0.2) is 26.6 Å². The third-order valence-corrected chi connectivity index (χ3v) is 5.22. The van der Waals surface area contributed by atoms with Gasteiger partial charge in [0.25, 0.3) is 5.91 Å². The molecule has 0 saturated heterocycles. The molecule has 3 rings (SSSR count). The number of anilines is 1. The molecule has 0 fully saturated rings. The van der Waals surface area contributed by atoms with Crippen LogP contribution in [0.25, 0.3) is 21.1 Å². The number of nitrogens with one attached hydrogen (secondary N) is 3. The minimum Gasteiger partial charge on any atom is -0.372 e. The first kappa shape index (κ1) is 22.4. The monoisotopic (exact) mass is 457 g/mol. The number of amides is 1. The predicted molar refractivity (Wildman–Crippen MR) is 109 cm³/mol. The summed E-state index contributed by atoms with van der Waals surface area (Å²) in [6, 6.07) is 0.908. The van der Waals surface area contributed by atoms with Crippen LogP contribution >= 0.6 is 11.3 Å². The van der Waals surface area contributed by atoms with Crippen LogP contribution in [0.3, 0.4) is 0 Å². The Morgan fingerprint density at radius 2 is 1.94 bits per heavy atom. The maximum atomic E-state index is 13.5. The smallest absolute Gasteiger partial charge is 0.372 e. The van der Waals surface area contributed by atoms with Crippen LogP contribution in [0, 0.1) is 0 Å². The first-order valence-corrected chi connectivity index (χ1v) is 9.45. The third-order valence-electron chi connectivity index (χ3n) is 4.21. The van der Waals surface area contributed by atoms with Crippen LogP contribution in [0.2, 0.25) is 0 Å². The van der Waals surface area contributed by atoms with E-state index in [0.717, 1.165) is 23.5 Å². The summed E-state index contributed by atoms with van der Waals surface area (Å²) in [4.78, 5) is 16.6. The lowest BCUT2D eigenvalue weighted by Gasteiger charge is -2.25. The number of benzene rings is 1. The van der Waals surface area contributed by atoms with Gasteiger partial charge in [-0.3, -0.25) is 15.2 Å². The number of carbonyl (C=O) groups is 1. The van der Waals surface area contributed by atoms with Crippen LogP contribution in [0.4, 0.5) is 27.1 Å². The third kappa shape index (κ3) is 4.58. The molecule has 2 aromatic heterocycles. The average molecular weight is 457 g/mol. The van der Waals surface area contributed by atoms with E-state index in [1.807, 2.05) is 0 Å². The highest BCUT2D eigenvalue weighted by Gasteiger charge is 2.36. The molecular weight excluding hydrogens is 441 g/mol. The van der Waals surface area contributed by atoms with Gasteiger partial charge in [-0.05, 0) is 26.0 Å². The van der Waals surface area contributed by atoms with Crippen molar-refractivity contribution in [3.05, 3.63) is 54.4 Å². The van der Waals surface area contributed by atoms with Gasteiger partial charge in [0, 0.05) is 11.1 Å². The zero-order valence-electron chi connectivity index (χ0n) is 16.2. The molecule has 0 aliphatic rings. The molecule has 0 unspecified atom stereocenters. The lowest BCUT2D eigenvalue weighted by molar-refractivity contribution is -0.136. The van der Waals surface area contributed by atoms with Gasteiger partial charge < -0.3 is 5.32 Å². The van der Waals surface area contributed by atoms with E-state index in [0.29, 0.717) is 5.39 Å². The van der Waals surface area contributed by atoms with Crippen LogP contribution < -0.4 is 10.6 Å². The summed E-state index contributed by atoms with van der Waals surface area (Å²) >= 11 is 0.853. The molecule has 1 amide bonds. The van der Waals surface area contributed by atoms with Crippen LogP contribution in [0.15, 0.2) is 48.8 Å². The number of fused-ring (bicyclic) bond motifs is 3. The molecule has 0 bridgehead atoms. The van der Waals surface area contributed by atoms with Gasteiger partial charge in [0.1, 0.15) is 5.54 Å². The number of carbonyl (C=O) groups excluding carboxylic acids is 1. The zero-order chi connectivity index (χ0) is 23.1. The Bertz CT molecular complexity index is 1240. The zero-order valence-corrected chi connectivity index (χ0v) is 17.1. The maximum Gasteiger partial charge on any atom is 0.418 e. The Kier molecular flexibility index (Phi) is 5.61. The summed E-state index contributed by atoms with van der Waals surface area (Å²) in [6.45, 7) is 9.14. The molecule has 0 aliphatic carbocycles. The molecule has 1 aromatic carbocycles. The molecule has 0 spiro atoms. The van der Waals surface area contributed by atoms with Crippen molar-refractivity contribution in [2.75, 3.05) is 5.32 Å². The van der Waals surface area contributed by atoms with Crippen LogP contribution in [-0.2, 0) is 11.0 Å². The second-order valence-corrected chi connectivity index (χ2v) is 8.08. The number of halogens is 5. The Morgan fingerprint density at radius 3 is 2.55 bits per heavy atom. The lowest BCUT2D eigenvalue weighted by Crippen LogP contribution is -2.49. The van der Waals surface area contributed by atoms with Gasteiger partial charge in [-0.25, -0.2) is 13.8 Å². The van der Waals surface area contributed by atoms with Gasteiger partial charge >= 0.3 is 6.18 Å². The van der Waals surface area contributed by atoms with Crippen molar-refractivity contribution in [2.45, 2.75) is 25.6 Å². The minimum atomic E-state index is -4.66. The molecule has 0 radical (unpaired) electrons. The van der Waals surface area contributed by atoms with E-state index in [4.69, 9.17) is 0 Å². The van der Waals surface area contributed by atoms with E-state index in [9.17, 15) is 26.7 Å². The fourth-order valence-corrected chi connectivity index (χ4v) is 3.73. The van der Waals surface area contributed by atoms with Crippen molar-refractivity contribution in [3.8, 4) is 0 Å². The number of hydrogen-bond acceptors (Lipinski definition) is 5. The van der Waals surface area contributed by atoms with Crippen molar-refractivity contribution in [1.29, 1.82) is 0 Å². The Balaban J connectivity index is 1.91. The van der Waals surface area contributed by atoms with Crippen molar-refractivity contribution < 1.29 is 26.7 Å². The van der Waals surface area contributed by atoms with Crippen molar-refractivity contribution >= 4 is 43.5 Å². The summed E-state index contributed by atoms with van der Waals surface area (Å²) in [6.07, 6.45) is -2.57. The number of nitrogens with zero attached hydrogens (tertiary/aromatic N) is 2. The van der Waals surface area contributed by atoms with E-state index < -0.39 is 34.8 Å². The topological polar surface area (TPSA) is 82.7 Å². The molecule has 164 valence electrons. The highest BCUT2D eigenvalue weighted by Crippen LogP contribution is 2.41. The van der Waals surface area contributed by atoms with E-state index in [2.05, 4.69) is 39.0 Å². The molecule has 2 heterocycles. The summed E-state index contributed by atoms with van der Waals surface area (Å²) in [5.74, 6) is -3.24. The standard InChI is InChI=1S/C19H16F5N5OS/c1-8(5-12(21)9(2)20)28-18(3,4)16(30)27-17-26-14-11(19(22,23)24)6-13-10(7-25-29-13)15(14)31-17/h5-7,28H,1-2H2,3-4H3,(H,25,29)(H,26,27,30)/b12-5+.